The van der Waals surface area contributed by atoms with Gasteiger partial charge in [0.2, 0.25) is 5.91 Å². The molecule has 1 fully saturated rings. The minimum absolute atomic E-state index is 0.117. The number of rotatable bonds is 2. The van der Waals surface area contributed by atoms with Crippen LogP contribution >= 0.6 is 12.2 Å². The Morgan fingerprint density at radius 1 is 1.33 bits per heavy atom. The van der Waals surface area contributed by atoms with Crippen LogP contribution in [-0.2, 0) is 11.2 Å². The molecule has 21 heavy (non-hydrogen) atoms. The van der Waals surface area contributed by atoms with Crippen molar-refractivity contribution in [1.82, 2.24) is 0 Å². The van der Waals surface area contributed by atoms with E-state index in [-0.39, 0.29) is 5.91 Å². The molecule has 1 amide bonds. The van der Waals surface area contributed by atoms with Crippen molar-refractivity contribution >= 4 is 28.8 Å². The van der Waals surface area contributed by atoms with E-state index < -0.39 is 5.41 Å². The maximum Gasteiger partial charge on any atom is 0.240 e. The van der Waals surface area contributed by atoms with Gasteiger partial charge in [-0.15, -0.1) is 0 Å². The van der Waals surface area contributed by atoms with Gasteiger partial charge in [0.05, 0.1) is 10.4 Å². The van der Waals surface area contributed by atoms with Crippen molar-refractivity contribution in [2.45, 2.75) is 39.0 Å². The van der Waals surface area contributed by atoms with E-state index in [9.17, 15) is 4.79 Å². The highest BCUT2D eigenvalue weighted by atomic mass is 32.1. The van der Waals surface area contributed by atoms with Crippen LogP contribution < -0.4 is 10.6 Å². The van der Waals surface area contributed by atoms with Crippen molar-refractivity contribution < 1.29 is 4.79 Å². The van der Waals surface area contributed by atoms with Gasteiger partial charge in [0.15, 0.2) is 0 Å². The van der Waals surface area contributed by atoms with Crippen molar-refractivity contribution in [2.24, 2.45) is 17.1 Å². The molecule has 0 aromatic heterocycles. The molecule has 1 aromatic carbocycles. The Hall–Kier alpha value is -1.42. The lowest BCUT2D eigenvalue weighted by atomic mass is 9.82. The van der Waals surface area contributed by atoms with Gasteiger partial charge in [-0.05, 0) is 36.8 Å². The molecule has 2 N–H and O–H groups in total. The van der Waals surface area contributed by atoms with Crippen molar-refractivity contribution in [3.8, 4) is 0 Å². The van der Waals surface area contributed by atoms with Gasteiger partial charge in [-0.3, -0.25) is 4.79 Å². The Kier molecular flexibility index (Phi) is 3.74. The molecule has 3 nitrogen and oxygen atoms in total. The molecule has 0 spiro atoms. The van der Waals surface area contributed by atoms with Crippen molar-refractivity contribution in [1.29, 1.82) is 0 Å². The van der Waals surface area contributed by atoms with E-state index >= 15 is 0 Å². The number of nitrogens with two attached hydrogens (primary N) is 1. The summed E-state index contributed by atoms with van der Waals surface area (Å²) in [6.07, 6.45) is 4.70. The van der Waals surface area contributed by atoms with Crippen molar-refractivity contribution in [2.75, 3.05) is 11.4 Å². The average molecular weight is 302 g/mol. The number of hydrogen-bond donors (Lipinski definition) is 1. The molecule has 1 aromatic rings. The zero-order valence-electron chi connectivity index (χ0n) is 12.5. The summed E-state index contributed by atoms with van der Waals surface area (Å²) in [5, 5.41) is 0. The fourth-order valence-electron chi connectivity index (χ4n) is 3.79. The predicted octanol–water partition coefficient (Wildman–Crippen LogP) is 3.06. The molecule has 0 saturated heterocycles. The second-order valence-electron chi connectivity index (χ2n) is 6.51. The number of nitrogens with zero attached hydrogens (tertiary/aromatic N) is 1. The molecular weight excluding hydrogens is 280 g/mol. The van der Waals surface area contributed by atoms with E-state index in [4.69, 9.17) is 18.0 Å². The first-order valence-electron chi connectivity index (χ1n) is 7.74. The van der Waals surface area contributed by atoms with Crippen LogP contribution in [0.15, 0.2) is 24.3 Å². The van der Waals surface area contributed by atoms with Gasteiger partial charge in [-0.2, -0.15) is 0 Å². The van der Waals surface area contributed by atoms with Crippen LogP contribution in [-0.4, -0.2) is 17.4 Å². The zero-order chi connectivity index (χ0) is 15.0. The third-order valence-electron chi connectivity index (χ3n) is 4.93. The van der Waals surface area contributed by atoms with Gasteiger partial charge in [-0.25, -0.2) is 0 Å². The first kappa shape index (κ1) is 14.5. The Morgan fingerprint density at radius 2 is 2.00 bits per heavy atom. The molecule has 0 bridgehead atoms. The fourth-order valence-corrected chi connectivity index (χ4v) is 4.08. The molecule has 2 aliphatic rings. The van der Waals surface area contributed by atoms with Gasteiger partial charge in [0.25, 0.3) is 0 Å². The molecule has 1 aliphatic carbocycles. The molecule has 1 heterocycles. The first-order chi connectivity index (χ1) is 10.0. The van der Waals surface area contributed by atoms with Gasteiger partial charge in [0.1, 0.15) is 0 Å². The number of amides is 1. The quantitative estimate of drug-likeness (QED) is 0.854. The van der Waals surface area contributed by atoms with Crippen molar-refractivity contribution in [3.05, 3.63) is 29.8 Å². The highest BCUT2D eigenvalue weighted by Gasteiger charge is 2.47. The van der Waals surface area contributed by atoms with E-state index in [0.717, 1.165) is 44.3 Å². The minimum atomic E-state index is -0.612. The van der Waals surface area contributed by atoms with Crippen LogP contribution in [0, 0.1) is 11.3 Å². The van der Waals surface area contributed by atoms with E-state index in [1.54, 1.807) is 0 Å². The van der Waals surface area contributed by atoms with Crippen LogP contribution in [0.4, 0.5) is 5.69 Å². The first-order valence-corrected chi connectivity index (χ1v) is 8.15. The largest absolute Gasteiger partial charge is 0.392 e. The van der Waals surface area contributed by atoms with Gasteiger partial charge >= 0.3 is 0 Å². The van der Waals surface area contributed by atoms with Crippen LogP contribution in [0.5, 0.6) is 0 Å². The summed E-state index contributed by atoms with van der Waals surface area (Å²) in [4.78, 5) is 15.5. The number of benzene rings is 1. The normalized spacial score (nSPS) is 23.7. The molecule has 1 aliphatic heterocycles. The van der Waals surface area contributed by atoms with E-state index in [1.807, 2.05) is 23.1 Å². The van der Waals surface area contributed by atoms with Crippen LogP contribution in [0.3, 0.4) is 0 Å². The lowest BCUT2D eigenvalue weighted by Crippen LogP contribution is -2.52. The monoisotopic (exact) mass is 302 g/mol. The second kappa shape index (κ2) is 5.41. The smallest absolute Gasteiger partial charge is 0.240 e. The topological polar surface area (TPSA) is 46.3 Å². The van der Waals surface area contributed by atoms with Gasteiger partial charge in [0, 0.05) is 12.2 Å². The van der Waals surface area contributed by atoms with Gasteiger partial charge in [-0.1, -0.05) is 50.2 Å². The van der Waals surface area contributed by atoms with Crippen LogP contribution in [0.25, 0.3) is 0 Å². The summed E-state index contributed by atoms with van der Waals surface area (Å²) < 4.78 is 0. The van der Waals surface area contributed by atoms with E-state index in [2.05, 4.69) is 13.0 Å². The highest BCUT2D eigenvalue weighted by molar-refractivity contribution is 7.80. The molecule has 0 radical (unpaired) electrons. The van der Waals surface area contributed by atoms with E-state index in [1.165, 1.54) is 5.56 Å². The maximum atomic E-state index is 13.2. The summed E-state index contributed by atoms with van der Waals surface area (Å²) in [7, 11) is 0. The Bertz CT molecular complexity index is 578. The summed E-state index contributed by atoms with van der Waals surface area (Å²) in [5.74, 6) is 0.583. The molecular formula is C17H22N2OS. The summed E-state index contributed by atoms with van der Waals surface area (Å²) in [5.41, 5.74) is 7.66. The second-order valence-corrected chi connectivity index (χ2v) is 6.95. The molecule has 3 rings (SSSR count). The standard InChI is InChI=1S/C17H22N2OS/c1-12-10-13-6-2-3-7-14(13)19(11-12)16(20)17(15(18)21)8-4-5-9-17/h2-3,6-7,12H,4-5,8-11H2,1H3,(H2,18,21). The molecule has 1 unspecified atom stereocenters. The third-order valence-corrected chi connectivity index (χ3v) is 5.32. The van der Waals surface area contributed by atoms with Crippen molar-refractivity contribution in [3.63, 3.8) is 0 Å². The molecule has 112 valence electrons. The number of thiocarbonyl (C=S) groups is 1. The van der Waals surface area contributed by atoms with Gasteiger partial charge < -0.3 is 10.6 Å². The van der Waals surface area contributed by atoms with Crippen LogP contribution in [0.2, 0.25) is 0 Å². The average Bonchev–Trinajstić information content (AvgIpc) is 2.96. The number of para-hydroxylation sites is 1. The lowest BCUT2D eigenvalue weighted by molar-refractivity contribution is -0.124. The predicted molar refractivity (Wildman–Crippen MR) is 89.3 cm³/mol. The maximum absolute atomic E-state index is 13.2. The number of carbonyl (C=O) groups excluding carboxylic acids is 1. The summed E-state index contributed by atoms with van der Waals surface area (Å²) in [6, 6.07) is 8.20. The number of anilines is 1. The molecule has 1 atom stereocenters. The SMILES string of the molecule is CC1Cc2ccccc2N(C(=O)C2(C(N)=S)CCCC2)C1. The van der Waals surface area contributed by atoms with E-state index in [0.29, 0.717) is 10.9 Å². The lowest BCUT2D eigenvalue weighted by Gasteiger charge is -2.39. The number of carbonyl (C=O) groups is 1. The Morgan fingerprint density at radius 3 is 2.67 bits per heavy atom. The Labute approximate surface area is 131 Å². The molecule has 1 saturated carbocycles. The zero-order valence-corrected chi connectivity index (χ0v) is 13.3. The Balaban J connectivity index is 2.00. The number of fused-ring (bicyclic) bond motifs is 1. The van der Waals surface area contributed by atoms with Crippen LogP contribution in [0.1, 0.15) is 38.2 Å². The summed E-state index contributed by atoms with van der Waals surface area (Å²) in [6.45, 7) is 2.96. The summed E-state index contributed by atoms with van der Waals surface area (Å²) >= 11 is 5.27. The number of hydrogen-bond acceptors (Lipinski definition) is 2. The minimum Gasteiger partial charge on any atom is -0.392 e. The highest BCUT2D eigenvalue weighted by Crippen LogP contribution is 2.42. The fraction of sp³-hybridized carbons (Fsp3) is 0.529. The molecule has 4 heteroatoms. The third kappa shape index (κ3) is 2.35.